The largest absolute Gasteiger partial charge is 0.434 e. The molecule has 4 nitrogen and oxygen atoms in total. The van der Waals surface area contributed by atoms with E-state index in [0.29, 0.717) is 5.75 Å². The molecule has 0 amide bonds. The molecule has 0 saturated heterocycles. The number of hydrogen-bond acceptors (Lipinski definition) is 5. The van der Waals surface area contributed by atoms with Crippen molar-refractivity contribution in [1.29, 1.82) is 5.26 Å². The van der Waals surface area contributed by atoms with Gasteiger partial charge < -0.3 is 5.73 Å². The van der Waals surface area contributed by atoms with E-state index in [1.165, 1.54) is 6.07 Å². The van der Waals surface area contributed by atoms with Gasteiger partial charge in [-0.2, -0.15) is 18.4 Å². The van der Waals surface area contributed by atoms with E-state index < -0.39 is 23.3 Å². The van der Waals surface area contributed by atoms with Crippen LogP contribution in [0.15, 0.2) is 5.16 Å². The Hall–Kier alpha value is -1.49. The summed E-state index contributed by atoms with van der Waals surface area (Å²) in [7, 11) is 0. The molecule has 1 heterocycles. The van der Waals surface area contributed by atoms with Gasteiger partial charge in [-0.05, 0) is 5.75 Å². The summed E-state index contributed by atoms with van der Waals surface area (Å²) in [6.07, 6.45) is -4.70. The lowest BCUT2D eigenvalue weighted by Gasteiger charge is -2.10. The molecule has 2 N–H and O–H groups in total. The molecule has 0 unspecified atom stereocenters. The highest BCUT2D eigenvalue weighted by Crippen LogP contribution is 2.33. The molecule has 8 heteroatoms. The maximum atomic E-state index is 12.5. The predicted octanol–water partition coefficient (Wildman–Crippen LogP) is 2.06. The Kier molecular flexibility index (Phi) is 3.59. The molecule has 0 aliphatic heterocycles. The normalized spacial score (nSPS) is 11.2. The number of hydrogen-bond donors (Lipinski definition) is 1. The molecule has 0 saturated carbocycles. The van der Waals surface area contributed by atoms with Crippen molar-refractivity contribution in [2.45, 2.75) is 18.3 Å². The topological polar surface area (TPSA) is 75.6 Å². The average Bonchev–Trinajstić information content (AvgIpc) is 2.16. The van der Waals surface area contributed by atoms with Crippen LogP contribution in [0.4, 0.5) is 19.0 Å². The second-order valence-corrected chi connectivity index (χ2v) is 3.89. The number of nitriles is 1. The Labute approximate surface area is 93.7 Å². The smallest absolute Gasteiger partial charge is 0.382 e. The summed E-state index contributed by atoms with van der Waals surface area (Å²) in [5, 5.41) is 8.49. The predicted molar refractivity (Wildman–Crippen MR) is 52.6 cm³/mol. The number of anilines is 1. The Morgan fingerprint density at radius 2 is 2.06 bits per heavy atom. The number of alkyl halides is 3. The van der Waals surface area contributed by atoms with Crippen LogP contribution in [0.5, 0.6) is 0 Å². The summed E-state index contributed by atoms with van der Waals surface area (Å²) >= 11 is 1.03. The Morgan fingerprint density at radius 3 is 2.50 bits per heavy atom. The van der Waals surface area contributed by atoms with Crippen LogP contribution in [0.3, 0.4) is 0 Å². The van der Waals surface area contributed by atoms with Crippen molar-refractivity contribution in [3.05, 3.63) is 11.3 Å². The number of aromatic nitrogens is 2. The Balaban J connectivity index is 3.39. The van der Waals surface area contributed by atoms with Gasteiger partial charge in [0.15, 0.2) is 10.9 Å². The number of thioether (sulfide) groups is 1. The first kappa shape index (κ1) is 12.6. The molecule has 1 aromatic heterocycles. The zero-order valence-electron chi connectivity index (χ0n) is 8.17. The summed E-state index contributed by atoms with van der Waals surface area (Å²) in [6.45, 7) is 1.75. The zero-order valence-corrected chi connectivity index (χ0v) is 8.98. The maximum Gasteiger partial charge on any atom is 0.434 e. The quantitative estimate of drug-likeness (QED) is 0.640. The summed E-state index contributed by atoms with van der Waals surface area (Å²) in [5.74, 6) is 0.0728. The number of nitrogens with zero attached hydrogens (tertiary/aromatic N) is 3. The van der Waals surface area contributed by atoms with E-state index in [4.69, 9.17) is 11.0 Å². The van der Waals surface area contributed by atoms with Crippen molar-refractivity contribution in [1.82, 2.24) is 9.97 Å². The molecule has 16 heavy (non-hydrogen) atoms. The van der Waals surface area contributed by atoms with Gasteiger partial charge in [-0.15, -0.1) is 0 Å². The fourth-order valence-electron chi connectivity index (χ4n) is 0.966. The summed E-state index contributed by atoms with van der Waals surface area (Å²) in [5.41, 5.74) is 3.26. The molecule has 0 aliphatic rings. The van der Waals surface area contributed by atoms with Gasteiger partial charge in [0.25, 0.3) is 0 Å². The minimum atomic E-state index is -4.70. The van der Waals surface area contributed by atoms with E-state index in [1.54, 1.807) is 6.92 Å². The van der Waals surface area contributed by atoms with Crippen molar-refractivity contribution in [3.8, 4) is 6.07 Å². The lowest BCUT2D eigenvalue weighted by Crippen LogP contribution is -2.14. The zero-order chi connectivity index (χ0) is 12.3. The fraction of sp³-hybridized carbons (Fsp3) is 0.375. The van der Waals surface area contributed by atoms with Gasteiger partial charge in [0.05, 0.1) is 0 Å². The summed E-state index contributed by atoms with van der Waals surface area (Å²) in [6, 6.07) is 1.36. The van der Waals surface area contributed by atoms with E-state index in [9.17, 15) is 13.2 Å². The van der Waals surface area contributed by atoms with Crippen LogP contribution in [0.1, 0.15) is 18.2 Å². The highest BCUT2D eigenvalue weighted by atomic mass is 32.2. The third-order valence-electron chi connectivity index (χ3n) is 1.57. The highest BCUT2D eigenvalue weighted by Gasteiger charge is 2.37. The van der Waals surface area contributed by atoms with Gasteiger partial charge >= 0.3 is 6.18 Å². The monoisotopic (exact) mass is 248 g/mol. The maximum absolute atomic E-state index is 12.5. The first-order valence-corrected chi connectivity index (χ1v) is 5.16. The van der Waals surface area contributed by atoms with Crippen LogP contribution in [0, 0.1) is 11.3 Å². The van der Waals surface area contributed by atoms with Crippen molar-refractivity contribution >= 4 is 17.6 Å². The highest BCUT2D eigenvalue weighted by molar-refractivity contribution is 7.99. The molecule has 0 spiro atoms. The number of nitrogen functional groups attached to an aromatic ring is 1. The van der Waals surface area contributed by atoms with E-state index in [-0.39, 0.29) is 5.16 Å². The average molecular weight is 248 g/mol. The molecular formula is C8H7F3N4S. The molecule has 1 aromatic rings. The molecule has 0 aliphatic carbocycles. The molecule has 0 aromatic carbocycles. The number of nitrogens with two attached hydrogens (primary N) is 1. The van der Waals surface area contributed by atoms with Crippen LogP contribution in [0.2, 0.25) is 0 Å². The molecule has 86 valence electrons. The van der Waals surface area contributed by atoms with E-state index in [2.05, 4.69) is 9.97 Å². The lowest BCUT2D eigenvalue weighted by atomic mass is 10.2. The fourth-order valence-corrected chi connectivity index (χ4v) is 1.54. The standard InChI is InChI=1S/C8H7F3N4S/c1-2-16-7-14-5(8(9,10)11)4(3-12)6(13)15-7/h2H2,1H3,(H2,13,14,15). The van der Waals surface area contributed by atoms with E-state index in [0.717, 1.165) is 11.8 Å². The van der Waals surface area contributed by atoms with Gasteiger partial charge in [-0.25, -0.2) is 9.97 Å². The van der Waals surface area contributed by atoms with Crippen molar-refractivity contribution in [3.63, 3.8) is 0 Å². The van der Waals surface area contributed by atoms with E-state index >= 15 is 0 Å². The van der Waals surface area contributed by atoms with Crippen LogP contribution < -0.4 is 5.73 Å². The van der Waals surface area contributed by atoms with Crippen LogP contribution in [-0.4, -0.2) is 15.7 Å². The van der Waals surface area contributed by atoms with Gasteiger partial charge in [-0.3, -0.25) is 0 Å². The van der Waals surface area contributed by atoms with Crippen molar-refractivity contribution in [2.24, 2.45) is 0 Å². The van der Waals surface area contributed by atoms with Crippen LogP contribution >= 0.6 is 11.8 Å². The SMILES string of the molecule is CCSc1nc(N)c(C#N)c(C(F)(F)F)n1. The molecule has 1 rings (SSSR count). The summed E-state index contributed by atoms with van der Waals surface area (Å²) < 4.78 is 37.6. The molecule has 0 bridgehead atoms. The molecular weight excluding hydrogens is 241 g/mol. The molecule has 0 fully saturated rings. The lowest BCUT2D eigenvalue weighted by molar-refractivity contribution is -0.141. The third kappa shape index (κ3) is 2.55. The van der Waals surface area contributed by atoms with Crippen LogP contribution in [0.25, 0.3) is 0 Å². The van der Waals surface area contributed by atoms with Crippen LogP contribution in [-0.2, 0) is 6.18 Å². The Morgan fingerprint density at radius 1 is 1.44 bits per heavy atom. The third-order valence-corrected chi connectivity index (χ3v) is 2.30. The first-order chi connectivity index (χ1) is 7.40. The molecule has 0 atom stereocenters. The van der Waals surface area contributed by atoms with E-state index in [1.807, 2.05) is 0 Å². The second-order valence-electron chi connectivity index (χ2n) is 2.66. The minimum absolute atomic E-state index is 0.0775. The summed E-state index contributed by atoms with van der Waals surface area (Å²) in [4.78, 5) is 6.90. The first-order valence-electron chi connectivity index (χ1n) is 4.17. The van der Waals surface area contributed by atoms with Gasteiger partial charge in [0.1, 0.15) is 17.5 Å². The van der Waals surface area contributed by atoms with Gasteiger partial charge in [0.2, 0.25) is 0 Å². The minimum Gasteiger partial charge on any atom is -0.382 e. The molecule has 0 radical (unpaired) electrons. The van der Waals surface area contributed by atoms with Gasteiger partial charge in [0, 0.05) is 0 Å². The Bertz CT molecular complexity index is 438. The van der Waals surface area contributed by atoms with Crippen molar-refractivity contribution in [2.75, 3.05) is 11.5 Å². The second kappa shape index (κ2) is 4.57. The van der Waals surface area contributed by atoms with Crippen molar-refractivity contribution < 1.29 is 13.2 Å². The number of rotatable bonds is 2. The van der Waals surface area contributed by atoms with Gasteiger partial charge in [-0.1, -0.05) is 18.7 Å². The number of halogens is 3.